The highest BCUT2D eigenvalue weighted by Crippen LogP contribution is 2.17. The summed E-state index contributed by atoms with van der Waals surface area (Å²) in [6.07, 6.45) is 5.29. The Morgan fingerprint density at radius 1 is 1.35 bits per heavy atom. The summed E-state index contributed by atoms with van der Waals surface area (Å²) in [5.41, 5.74) is 0. The molecule has 0 aromatic heterocycles. The number of hydrogen-bond donors (Lipinski definition) is 1. The van der Waals surface area contributed by atoms with E-state index in [1.165, 1.54) is 19.3 Å². The Kier molecular flexibility index (Phi) is 6.56. The molecule has 1 aliphatic rings. The molecule has 1 aliphatic heterocycles. The number of nitrogens with one attached hydrogen (secondary N) is 1. The van der Waals surface area contributed by atoms with E-state index in [1.54, 1.807) is 0 Å². The number of hydrogen-bond acceptors (Lipinski definition) is 2. The largest absolute Gasteiger partial charge is 0.343 e. The first-order chi connectivity index (χ1) is 8.09. The summed E-state index contributed by atoms with van der Waals surface area (Å²) in [5.74, 6) is 1.14. The first-order valence-corrected chi connectivity index (χ1v) is 7.10. The molecule has 0 spiro atoms. The zero-order valence-electron chi connectivity index (χ0n) is 11.7. The standard InChI is InChI=1S/C14H28N2O/c1-12(2)15-9-4-7-14(17)16-10-5-6-13(3)8-11-16/h12-13,15H,4-11H2,1-3H3. The van der Waals surface area contributed by atoms with Crippen molar-refractivity contribution < 1.29 is 4.79 Å². The summed E-state index contributed by atoms with van der Waals surface area (Å²) in [6.45, 7) is 9.46. The van der Waals surface area contributed by atoms with Crippen LogP contribution in [0.4, 0.5) is 0 Å². The summed E-state index contributed by atoms with van der Waals surface area (Å²) < 4.78 is 0. The molecule has 0 aromatic rings. The van der Waals surface area contributed by atoms with Gasteiger partial charge in [-0.3, -0.25) is 4.79 Å². The molecule has 17 heavy (non-hydrogen) atoms. The molecule has 0 bridgehead atoms. The van der Waals surface area contributed by atoms with E-state index in [2.05, 4.69) is 31.0 Å². The van der Waals surface area contributed by atoms with Crippen LogP contribution in [0.15, 0.2) is 0 Å². The molecule has 100 valence electrons. The van der Waals surface area contributed by atoms with E-state index in [0.717, 1.165) is 32.0 Å². The van der Waals surface area contributed by atoms with Crippen molar-refractivity contribution in [3.05, 3.63) is 0 Å². The van der Waals surface area contributed by atoms with Crippen LogP contribution in [0.5, 0.6) is 0 Å². The summed E-state index contributed by atoms with van der Waals surface area (Å²) in [4.78, 5) is 14.1. The second-order valence-corrected chi connectivity index (χ2v) is 5.63. The van der Waals surface area contributed by atoms with E-state index in [9.17, 15) is 4.79 Å². The number of nitrogens with zero attached hydrogens (tertiary/aromatic N) is 1. The Balaban J connectivity index is 2.18. The smallest absolute Gasteiger partial charge is 0.222 e. The topological polar surface area (TPSA) is 32.3 Å². The zero-order valence-corrected chi connectivity index (χ0v) is 11.7. The molecule has 0 aliphatic carbocycles. The number of likely N-dealkylation sites (tertiary alicyclic amines) is 1. The van der Waals surface area contributed by atoms with Crippen LogP contribution in [0.3, 0.4) is 0 Å². The quantitative estimate of drug-likeness (QED) is 0.749. The minimum absolute atomic E-state index is 0.352. The van der Waals surface area contributed by atoms with Crippen molar-refractivity contribution in [2.24, 2.45) is 5.92 Å². The molecule has 1 unspecified atom stereocenters. The Labute approximate surface area is 106 Å². The average Bonchev–Trinajstić information content (AvgIpc) is 2.49. The van der Waals surface area contributed by atoms with Crippen LogP contribution in [0.25, 0.3) is 0 Å². The van der Waals surface area contributed by atoms with Crippen molar-refractivity contribution in [3.63, 3.8) is 0 Å². The van der Waals surface area contributed by atoms with Gasteiger partial charge in [-0.1, -0.05) is 20.8 Å². The van der Waals surface area contributed by atoms with E-state index >= 15 is 0 Å². The maximum Gasteiger partial charge on any atom is 0.222 e. The van der Waals surface area contributed by atoms with Gasteiger partial charge in [-0.15, -0.1) is 0 Å². The lowest BCUT2D eigenvalue weighted by Crippen LogP contribution is -2.32. The number of carbonyl (C=O) groups is 1. The first-order valence-electron chi connectivity index (χ1n) is 7.10. The van der Waals surface area contributed by atoms with Crippen molar-refractivity contribution in [1.82, 2.24) is 10.2 Å². The van der Waals surface area contributed by atoms with E-state index in [4.69, 9.17) is 0 Å². The van der Waals surface area contributed by atoms with Crippen LogP contribution in [-0.4, -0.2) is 36.5 Å². The molecule has 1 heterocycles. The first kappa shape index (κ1) is 14.5. The van der Waals surface area contributed by atoms with Gasteiger partial charge < -0.3 is 10.2 Å². The van der Waals surface area contributed by atoms with Crippen molar-refractivity contribution in [1.29, 1.82) is 0 Å². The average molecular weight is 240 g/mol. The molecule has 1 amide bonds. The molecular formula is C14H28N2O. The van der Waals surface area contributed by atoms with Crippen LogP contribution in [0, 0.1) is 5.92 Å². The lowest BCUT2D eigenvalue weighted by molar-refractivity contribution is -0.131. The Hall–Kier alpha value is -0.570. The van der Waals surface area contributed by atoms with Gasteiger partial charge in [0.25, 0.3) is 0 Å². The highest BCUT2D eigenvalue weighted by atomic mass is 16.2. The highest BCUT2D eigenvalue weighted by Gasteiger charge is 2.17. The predicted molar refractivity (Wildman–Crippen MR) is 72.0 cm³/mol. The monoisotopic (exact) mass is 240 g/mol. The normalized spacial score (nSPS) is 21.6. The zero-order chi connectivity index (χ0) is 12.7. The van der Waals surface area contributed by atoms with Gasteiger partial charge in [0.15, 0.2) is 0 Å². The fraction of sp³-hybridized carbons (Fsp3) is 0.929. The fourth-order valence-electron chi connectivity index (χ4n) is 2.30. The van der Waals surface area contributed by atoms with E-state index < -0.39 is 0 Å². The SMILES string of the molecule is CC1CCCN(C(=O)CCCNC(C)C)CC1. The van der Waals surface area contributed by atoms with Crippen molar-refractivity contribution >= 4 is 5.91 Å². The second-order valence-electron chi connectivity index (χ2n) is 5.63. The fourth-order valence-corrected chi connectivity index (χ4v) is 2.30. The molecule has 0 radical (unpaired) electrons. The van der Waals surface area contributed by atoms with Crippen molar-refractivity contribution in [2.45, 2.75) is 58.9 Å². The van der Waals surface area contributed by atoms with E-state index in [0.29, 0.717) is 18.4 Å². The maximum atomic E-state index is 12.0. The summed E-state index contributed by atoms with van der Waals surface area (Å²) in [7, 11) is 0. The summed E-state index contributed by atoms with van der Waals surface area (Å²) in [5, 5.41) is 3.35. The van der Waals surface area contributed by atoms with Crippen LogP contribution >= 0.6 is 0 Å². The van der Waals surface area contributed by atoms with E-state index in [1.807, 2.05) is 0 Å². The van der Waals surface area contributed by atoms with Gasteiger partial charge in [0.1, 0.15) is 0 Å². The van der Waals surface area contributed by atoms with Gasteiger partial charge in [-0.05, 0) is 38.1 Å². The molecule has 1 atom stereocenters. The minimum atomic E-state index is 0.352. The molecule has 0 saturated carbocycles. The molecule has 3 nitrogen and oxygen atoms in total. The third-order valence-electron chi connectivity index (χ3n) is 3.49. The van der Waals surface area contributed by atoms with Crippen LogP contribution in [0.1, 0.15) is 52.9 Å². The van der Waals surface area contributed by atoms with Gasteiger partial charge in [0, 0.05) is 25.6 Å². The minimum Gasteiger partial charge on any atom is -0.343 e. The lowest BCUT2D eigenvalue weighted by Gasteiger charge is -2.20. The van der Waals surface area contributed by atoms with Gasteiger partial charge in [0.2, 0.25) is 5.91 Å². The molecule has 1 rings (SSSR count). The molecule has 0 aromatic carbocycles. The number of carbonyl (C=O) groups excluding carboxylic acids is 1. The molecule has 1 fully saturated rings. The molecule has 1 saturated heterocycles. The second kappa shape index (κ2) is 7.70. The van der Waals surface area contributed by atoms with Crippen LogP contribution in [-0.2, 0) is 4.79 Å². The Bertz CT molecular complexity index is 228. The van der Waals surface area contributed by atoms with Crippen molar-refractivity contribution in [3.8, 4) is 0 Å². The summed E-state index contributed by atoms with van der Waals surface area (Å²) >= 11 is 0. The molecule has 1 N–H and O–H groups in total. The van der Waals surface area contributed by atoms with Crippen molar-refractivity contribution in [2.75, 3.05) is 19.6 Å². The van der Waals surface area contributed by atoms with E-state index in [-0.39, 0.29) is 0 Å². The van der Waals surface area contributed by atoms with Crippen LogP contribution in [0.2, 0.25) is 0 Å². The predicted octanol–water partition coefficient (Wildman–Crippen LogP) is 2.41. The third kappa shape index (κ3) is 6.06. The molecular weight excluding hydrogens is 212 g/mol. The van der Waals surface area contributed by atoms with Gasteiger partial charge >= 0.3 is 0 Å². The maximum absolute atomic E-state index is 12.0. The molecule has 3 heteroatoms. The van der Waals surface area contributed by atoms with Gasteiger partial charge in [0.05, 0.1) is 0 Å². The van der Waals surface area contributed by atoms with Gasteiger partial charge in [-0.25, -0.2) is 0 Å². The summed E-state index contributed by atoms with van der Waals surface area (Å²) in [6, 6.07) is 0.518. The van der Waals surface area contributed by atoms with Gasteiger partial charge in [-0.2, -0.15) is 0 Å². The number of amides is 1. The number of rotatable bonds is 5. The lowest BCUT2D eigenvalue weighted by atomic mass is 10.0. The Morgan fingerprint density at radius 3 is 2.82 bits per heavy atom. The highest BCUT2D eigenvalue weighted by molar-refractivity contribution is 5.76. The Morgan fingerprint density at radius 2 is 2.12 bits per heavy atom. The third-order valence-corrected chi connectivity index (χ3v) is 3.49. The van der Waals surface area contributed by atoms with Crippen LogP contribution < -0.4 is 5.32 Å².